The summed E-state index contributed by atoms with van der Waals surface area (Å²) in [7, 11) is 1.83. The second-order valence-electron chi connectivity index (χ2n) is 3.46. The Kier molecular flexibility index (Phi) is 2.51. The van der Waals surface area contributed by atoms with Gasteiger partial charge in [-0.25, -0.2) is 9.97 Å². The molecule has 0 radical (unpaired) electrons. The van der Waals surface area contributed by atoms with Crippen LogP contribution in [-0.4, -0.2) is 37.5 Å². The third-order valence-electron chi connectivity index (χ3n) is 2.09. The summed E-state index contributed by atoms with van der Waals surface area (Å²) < 4.78 is 1.69. The van der Waals surface area contributed by atoms with Crippen LogP contribution in [0.25, 0.3) is 11.0 Å². The van der Waals surface area contributed by atoms with Gasteiger partial charge >= 0.3 is 0 Å². The summed E-state index contributed by atoms with van der Waals surface area (Å²) >= 11 is 0. The van der Waals surface area contributed by atoms with Gasteiger partial charge in [0.15, 0.2) is 5.65 Å². The van der Waals surface area contributed by atoms with E-state index in [4.69, 9.17) is 5.11 Å². The third kappa shape index (κ3) is 1.89. The van der Waals surface area contributed by atoms with E-state index in [1.54, 1.807) is 17.8 Å². The van der Waals surface area contributed by atoms with E-state index < -0.39 is 6.10 Å². The molecule has 0 aromatic carbocycles. The zero-order valence-corrected chi connectivity index (χ0v) is 8.68. The van der Waals surface area contributed by atoms with Crippen molar-refractivity contribution in [2.75, 3.05) is 11.9 Å². The average Bonchev–Trinajstić information content (AvgIpc) is 2.58. The summed E-state index contributed by atoms with van der Waals surface area (Å²) in [6.07, 6.45) is 2.78. The SMILES string of the molecule is C[C@@H](O)CNc1ncnc2c1cnn2C. The standard InChI is InChI=1S/C9H13N5O/c1-6(15)3-10-8-7-4-13-14(2)9(7)12-5-11-8/h4-6,15H,3H2,1-2H3,(H,10,11,12)/t6-/m1/s1. The van der Waals surface area contributed by atoms with Crippen molar-refractivity contribution in [2.45, 2.75) is 13.0 Å². The van der Waals surface area contributed by atoms with Gasteiger partial charge in [0.25, 0.3) is 0 Å². The number of aryl methyl sites for hydroxylation is 1. The molecule has 0 fully saturated rings. The molecule has 0 amide bonds. The third-order valence-corrected chi connectivity index (χ3v) is 2.09. The van der Waals surface area contributed by atoms with Crippen LogP contribution in [0.1, 0.15) is 6.92 Å². The summed E-state index contributed by atoms with van der Waals surface area (Å²) in [6.45, 7) is 2.18. The summed E-state index contributed by atoms with van der Waals surface area (Å²) in [5.41, 5.74) is 0.776. The van der Waals surface area contributed by atoms with E-state index in [1.807, 2.05) is 7.05 Å². The quantitative estimate of drug-likeness (QED) is 0.749. The summed E-state index contributed by atoms with van der Waals surface area (Å²) in [4.78, 5) is 8.22. The van der Waals surface area contributed by atoms with E-state index >= 15 is 0 Å². The lowest BCUT2D eigenvalue weighted by atomic mass is 10.3. The largest absolute Gasteiger partial charge is 0.392 e. The van der Waals surface area contributed by atoms with E-state index in [0.717, 1.165) is 11.0 Å². The average molecular weight is 207 g/mol. The molecule has 2 aromatic heterocycles. The van der Waals surface area contributed by atoms with Crippen LogP contribution in [0, 0.1) is 0 Å². The van der Waals surface area contributed by atoms with Crippen molar-refractivity contribution >= 4 is 16.9 Å². The fraction of sp³-hybridized carbons (Fsp3) is 0.444. The van der Waals surface area contributed by atoms with Gasteiger partial charge in [-0.05, 0) is 6.92 Å². The first-order valence-corrected chi connectivity index (χ1v) is 4.73. The van der Waals surface area contributed by atoms with Crippen molar-refractivity contribution in [1.29, 1.82) is 0 Å². The highest BCUT2D eigenvalue weighted by molar-refractivity contribution is 5.85. The predicted molar refractivity (Wildman–Crippen MR) is 56.5 cm³/mol. The van der Waals surface area contributed by atoms with Crippen LogP contribution in [0.2, 0.25) is 0 Å². The van der Waals surface area contributed by atoms with E-state index in [2.05, 4.69) is 20.4 Å². The molecular weight excluding hydrogens is 194 g/mol. The normalized spacial score (nSPS) is 13.0. The maximum Gasteiger partial charge on any atom is 0.163 e. The smallest absolute Gasteiger partial charge is 0.163 e. The Hall–Kier alpha value is -1.69. The van der Waals surface area contributed by atoms with Crippen molar-refractivity contribution in [3.63, 3.8) is 0 Å². The van der Waals surface area contributed by atoms with Gasteiger partial charge in [-0.15, -0.1) is 0 Å². The lowest BCUT2D eigenvalue weighted by molar-refractivity contribution is 0.208. The van der Waals surface area contributed by atoms with Crippen molar-refractivity contribution in [3.05, 3.63) is 12.5 Å². The van der Waals surface area contributed by atoms with Crippen molar-refractivity contribution in [1.82, 2.24) is 19.7 Å². The van der Waals surface area contributed by atoms with Gasteiger partial charge < -0.3 is 10.4 Å². The van der Waals surface area contributed by atoms with E-state index in [-0.39, 0.29) is 0 Å². The molecule has 2 aromatic rings. The van der Waals surface area contributed by atoms with Gasteiger partial charge in [0.05, 0.1) is 17.7 Å². The lowest BCUT2D eigenvalue weighted by Crippen LogP contribution is -2.16. The first-order chi connectivity index (χ1) is 7.18. The molecule has 0 bridgehead atoms. The summed E-state index contributed by atoms with van der Waals surface area (Å²) in [6, 6.07) is 0. The first kappa shape index (κ1) is 9.85. The van der Waals surface area contributed by atoms with Crippen molar-refractivity contribution in [2.24, 2.45) is 7.05 Å². The fourth-order valence-electron chi connectivity index (χ4n) is 1.35. The molecule has 0 unspecified atom stereocenters. The van der Waals surface area contributed by atoms with Crippen LogP contribution >= 0.6 is 0 Å². The van der Waals surface area contributed by atoms with E-state index in [1.165, 1.54) is 6.33 Å². The van der Waals surface area contributed by atoms with E-state index in [0.29, 0.717) is 12.4 Å². The van der Waals surface area contributed by atoms with Crippen LogP contribution in [-0.2, 0) is 7.05 Å². The van der Waals surface area contributed by atoms with Gasteiger partial charge in [0.2, 0.25) is 0 Å². The number of fused-ring (bicyclic) bond motifs is 1. The molecule has 2 rings (SSSR count). The molecule has 6 nitrogen and oxygen atoms in total. The maximum absolute atomic E-state index is 9.16. The lowest BCUT2D eigenvalue weighted by Gasteiger charge is -2.07. The Bertz CT molecular complexity index is 464. The molecule has 6 heteroatoms. The van der Waals surface area contributed by atoms with Gasteiger partial charge in [-0.3, -0.25) is 4.68 Å². The molecule has 0 spiro atoms. The number of rotatable bonds is 3. The molecule has 0 saturated heterocycles. The Labute approximate surface area is 87.0 Å². The molecule has 80 valence electrons. The van der Waals surface area contributed by atoms with Crippen LogP contribution < -0.4 is 5.32 Å². The predicted octanol–water partition coefficient (Wildman–Crippen LogP) is 0.156. The van der Waals surface area contributed by atoms with Crippen molar-refractivity contribution in [3.8, 4) is 0 Å². The Morgan fingerprint density at radius 2 is 2.33 bits per heavy atom. The minimum absolute atomic E-state index is 0.410. The molecular formula is C9H13N5O. The van der Waals surface area contributed by atoms with Gasteiger partial charge in [0.1, 0.15) is 12.1 Å². The molecule has 2 heterocycles. The van der Waals surface area contributed by atoms with Crippen LogP contribution in [0.3, 0.4) is 0 Å². The molecule has 0 saturated carbocycles. The number of hydrogen-bond acceptors (Lipinski definition) is 5. The number of aliphatic hydroxyl groups excluding tert-OH is 1. The minimum atomic E-state index is -0.410. The van der Waals surface area contributed by atoms with Gasteiger partial charge in [0, 0.05) is 13.6 Å². The highest BCUT2D eigenvalue weighted by Gasteiger charge is 2.07. The number of aliphatic hydroxyl groups is 1. The minimum Gasteiger partial charge on any atom is -0.392 e. The highest BCUT2D eigenvalue weighted by Crippen LogP contribution is 2.17. The number of anilines is 1. The number of aromatic nitrogens is 4. The molecule has 0 aliphatic heterocycles. The molecule has 15 heavy (non-hydrogen) atoms. The second-order valence-corrected chi connectivity index (χ2v) is 3.46. The molecule has 0 aliphatic carbocycles. The van der Waals surface area contributed by atoms with E-state index in [9.17, 15) is 0 Å². The maximum atomic E-state index is 9.16. The zero-order chi connectivity index (χ0) is 10.8. The number of nitrogens with one attached hydrogen (secondary N) is 1. The highest BCUT2D eigenvalue weighted by atomic mass is 16.3. The monoisotopic (exact) mass is 207 g/mol. The summed E-state index contributed by atoms with van der Waals surface area (Å²) in [5, 5.41) is 17.2. The van der Waals surface area contributed by atoms with Crippen LogP contribution in [0.5, 0.6) is 0 Å². The Balaban J connectivity index is 2.34. The number of hydrogen-bond donors (Lipinski definition) is 2. The Morgan fingerprint density at radius 3 is 3.07 bits per heavy atom. The van der Waals surface area contributed by atoms with Crippen LogP contribution in [0.4, 0.5) is 5.82 Å². The topological polar surface area (TPSA) is 75.9 Å². The Morgan fingerprint density at radius 1 is 1.53 bits per heavy atom. The second kappa shape index (κ2) is 3.82. The molecule has 2 N–H and O–H groups in total. The van der Waals surface area contributed by atoms with Gasteiger partial charge in [-0.1, -0.05) is 0 Å². The number of nitrogens with zero attached hydrogens (tertiary/aromatic N) is 4. The summed E-state index contributed by atoms with van der Waals surface area (Å²) in [5.74, 6) is 0.703. The molecule has 0 aliphatic rings. The van der Waals surface area contributed by atoms with Crippen LogP contribution in [0.15, 0.2) is 12.5 Å². The molecule has 1 atom stereocenters. The zero-order valence-electron chi connectivity index (χ0n) is 8.68. The fourth-order valence-corrected chi connectivity index (χ4v) is 1.35. The van der Waals surface area contributed by atoms with Gasteiger partial charge in [-0.2, -0.15) is 5.10 Å². The van der Waals surface area contributed by atoms with Crippen molar-refractivity contribution < 1.29 is 5.11 Å². The first-order valence-electron chi connectivity index (χ1n) is 4.73.